The number of amides is 1. The molecule has 3 rings (SSSR count). The van der Waals surface area contributed by atoms with Crippen molar-refractivity contribution in [2.45, 2.75) is 6.92 Å². The molecule has 1 amide bonds. The molecule has 0 aromatic heterocycles. The molecule has 5 heteroatoms. The molecular formula is C26H24N2O3. The zero-order valence-corrected chi connectivity index (χ0v) is 17.8. The average molecular weight is 412 g/mol. The minimum Gasteiger partial charge on any atom is -0.462 e. The van der Waals surface area contributed by atoms with Crippen LogP contribution in [0.15, 0.2) is 72.8 Å². The molecule has 1 N–H and O–H groups in total. The number of para-hydroxylation sites is 1. The van der Waals surface area contributed by atoms with Gasteiger partial charge in [-0.05, 0) is 49.4 Å². The number of anilines is 2. The molecule has 0 saturated heterocycles. The largest absolute Gasteiger partial charge is 0.462 e. The number of ether oxygens (including phenoxy) is 1. The summed E-state index contributed by atoms with van der Waals surface area (Å²) in [5, 5.41) is 2.84. The van der Waals surface area contributed by atoms with Gasteiger partial charge in [-0.2, -0.15) is 0 Å². The minimum absolute atomic E-state index is 0.261. The summed E-state index contributed by atoms with van der Waals surface area (Å²) in [7, 11) is 3.74. The van der Waals surface area contributed by atoms with Gasteiger partial charge in [0.1, 0.15) is 0 Å². The Hall–Kier alpha value is -4.04. The summed E-state index contributed by atoms with van der Waals surface area (Å²) in [6.45, 7) is 2.00. The zero-order chi connectivity index (χ0) is 22.2. The van der Waals surface area contributed by atoms with Crippen LogP contribution in [0.3, 0.4) is 0 Å². The highest BCUT2D eigenvalue weighted by molar-refractivity contribution is 6.10. The van der Waals surface area contributed by atoms with Crippen LogP contribution in [0.1, 0.15) is 38.8 Å². The van der Waals surface area contributed by atoms with E-state index < -0.39 is 5.97 Å². The highest BCUT2D eigenvalue weighted by Gasteiger charge is 2.18. The number of hydrogen-bond acceptors (Lipinski definition) is 4. The number of hydrogen-bond donors (Lipinski definition) is 1. The SMILES string of the molecule is CCOC(=O)c1ccccc1NC(=O)c1ccc(C#Cc2ccccc2)cc1N(C)C. The lowest BCUT2D eigenvalue weighted by Crippen LogP contribution is -2.20. The van der Waals surface area contributed by atoms with E-state index in [4.69, 9.17) is 4.74 Å². The second-order valence-electron chi connectivity index (χ2n) is 6.96. The Balaban J connectivity index is 1.88. The lowest BCUT2D eigenvalue weighted by Gasteiger charge is -2.18. The molecule has 3 aromatic rings. The third-order valence-corrected chi connectivity index (χ3v) is 4.52. The van der Waals surface area contributed by atoms with E-state index >= 15 is 0 Å². The van der Waals surface area contributed by atoms with Crippen LogP contribution in [0.5, 0.6) is 0 Å². The van der Waals surface area contributed by atoms with E-state index in [1.165, 1.54) is 0 Å². The van der Waals surface area contributed by atoms with Crippen LogP contribution in [0.2, 0.25) is 0 Å². The number of nitrogens with zero attached hydrogens (tertiary/aromatic N) is 1. The maximum atomic E-state index is 13.0. The highest BCUT2D eigenvalue weighted by atomic mass is 16.5. The van der Waals surface area contributed by atoms with Crippen molar-refractivity contribution in [2.75, 3.05) is 30.9 Å². The van der Waals surface area contributed by atoms with Crippen molar-refractivity contribution >= 4 is 23.3 Å². The second-order valence-corrected chi connectivity index (χ2v) is 6.96. The van der Waals surface area contributed by atoms with Gasteiger partial charge in [0.15, 0.2) is 0 Å². The number of nitrogens with one attached hydrogen (secondary N) is 1. The Bertz CT molecular complexity index is 1140. The summed E-state index contributed by atoms with van der Waals surface area (Å²) in [5.74, 6) is 5.48. The topological polar surface area (TPSA) is 58.6 Å². The summed E-state index contributed by atoms with van der Waals surface area (Å²) in [6.07, 6.45) is 0. The normalized spacial score (nSPS) is 9.90. The van der Waals surface area contributed by atoms with E-state index in [9.17, 15) is 9.59 Å². The number of carbonyl (C=O) groups excluding carboxylic acids is 2. The van der Waals surface area contributed by atoms with Crippen molar-refractivity contribution < 1.29 is 14.3 Å². The Labute approximate surface area is 182 Å². The third-order valence-electron chi connectivity index (χ3n) is 4.52. The highest BCUT2D eigenvalue weighted by Crippen LogP contribution is 2.23. The number of esters is 1. The van der Waals surface area contributed by atoms with Crippen molar-refractivity contribution in [3.8, 4) is 11.8 Å². The van der Waals surface area contributed by atoms with Crippen molar-refractivity contribution in [2.24, 2.45) is 0 Å². The summed E-state index contributed by atoms with van der Waals surface area (Å²) >= 11 is 0. The number of rotatable bonds is 5. The maximum absolute atomic E-state index is 13.0. The Morgan fingerprint density at radius 1 is 0.871 bits per heavy atom. The fourth-order valence-electron chi connectivity index (χ4n) is 3.01. The molecule has 0 heterocycles. The first-order chi connectivity index (χ1) is 15.0. The standard InChI is InChI=1S/C26H24N2O3/c1-4-31-26(30)21-12-8-9-13-23(21)27-25(29)22-17-16-20(18-24(22)28(2)3)15-14-19-10-6-5-7-11-19/h5-13,16-18H,4H2,1-3H3,(H,27,29). The Kier molecular flexibility index (Phi) is 7.08. The van der Waals surface area contributed by atoms with E-state index in [1.54, 1.807) is 37.3 Å². The molecule has 156 valence electrons. The van der Waals surface area contributed by atoms with Gasteiger partial charge in [0.2, 0.25) is 0 Å². The molecule has 5 nitrogen and oxygen atoms in total. The van der Waals surface area contributed by atoms with Crippen molar-refractivity contribution in [1.29, 1.82) is 0 Å². The van der Waals surface area contributed by atoms with Gasteiger partial charge in [-0.25, -0.2) is 4.79 Å². The van der Waals surface area contributed by atoms with E-state index in [0.717, 1.165) is 16.8 Å². The molecule has 0 aliphatic carbocycles. The lowest BCUT2D eigenvalue weighted by atomic mass is 10.1. The van der Waals surface area contributed by atoms with Crippen LogP contribution in [0, 0.1) is 11.8 Å². The van der Waals surface area contributed by atoms with Gasteiger partial charge in [-0.15, -0.1) is 0 Å². The summed E-state index contributed by atoms with van der Waals surface area (Å²) < 4.78 is 5.08. The van der Waals surface area contributed by atoms with Crippen LogP contribution < -0.4 is 10.2 Å². The predicted octanol–water partition coefficient (Wildman–Crippen LogP) is 4.58. The van der Waals surface area contributed by atoms with Crippen molar-refractivity contribution in [3.05, 3.63) is 95.1 Å². The van der Waals surface area contributed by atoms with E-state index in [0.29, 0.717) is 16.8 Å². The van der Waals surface area contributed by atoms with Crippen LogP contribution in [-0.2, 0) is 4.74 Å². The predicted molar refractivity (Wildman–Crippen MR) is 124 cm³/mol. The Morgan fingerprint density at radius 3 is 2.26 bits per heavy atom. The smallest absolute Gasteiger partial charge is 0.340 e. The van der Waals surface area contributed by atoms with Gasteiger partial charge < -0.3 is 15.0 Å². The molecule has 31 heavy (non-hydrogen) atoms. The molecular weight excluding hydrogens is 388 g/mol. The first-order valence-corrected chi connectivity index (χ1v) is 9.95. The Morgan fingerprint density at radius 2 is 1.55 bits per heavy atom. The summed E-state index contributed by atoms with van der Waals surface area (Å²) in [4.78, 5) is 27.1. The van der Waals surface area contributed by atoms with Gasteiger partial charge in [0.25, 0.3) is 5.91 Å². The first-order valence-electron chi connectivity index (χ1n) is 9.95. The zero-order valence-electron chi connectivity index (χ0n) is 17.8. The van der Waals surface area contributed by atoms with Crippen LogP contribution in [-0.4, -0.2) is 32.6 Å². The van der Waals surface area contributed by atoms with E-state index in [1.807, 2.05) is 61.5 Å². The van der Waals surface area contributed by atoms with Gasteiger partial charge in [0, 0.05) is 25.2 Å². The molecule has 0 bridgehead atoms. The van der Waals surface area contributed by atoms with Gasteiger partial charge in [-0.3, -0.25) is 4.79 Å². The van der Waals surface area contributed by atoms with Crippen molar-refractivity contribution in [1.82, 2.24) is 0 Å². The molecule has 0 atom stereocenters. The molecule has 0 radical (unpaired) electrons. The summed E-state index contributed by atoms with van der Waals surface area (Å²) in [5.41, 5.74) is 3.65. The average Bonchev–Trinajstić information content (AvgIpc) is 2.78. The van der Waals surface area contributed by atoms with E-state index in [-0.39, 0.29) is 12.5 Å². The molecule has 0 saturated carbocycles. The maximum Gasteiger partial charge on any atom is 0.340 e. The molecule has 3 aromatic carbocycles. The molecule has 0 fully saturated rings. The van der Waals surface area contributed by atoms with Crippen LogP contribution in [0.25, 0.3) is 0 Å². The van der Waals surface area contributed by atoms with Gasteiger partial charge >= 0.3 is 5.97 Å². The third kappa shape index (κ3) is 5.52. The monoisotopic (exact) mass is 412 g/mol. The van der Waals surface area contributed by atoms with Crippen LogP contribution in [0.4, 0.5) is 11.4 Å². The fraction of sp³-hybridized carbons (Fsp3) is 0.154. The minimum atomic E-state index is -0.474. The number of carbonyl (C=O) groups is 2. The quantitative estimate of drug-likeness (QED) is 0.492. The molecule has 0 unspecified atom stereocenters. The molecule has 0 aliphatic rings. The first kappa shape index (κ1) is 21.7. The molecule has 0 spiro atoms. The van der Waals surface area contributed by atoms with Crippen molar-refractivity contribution in [3.63, 3.8) is 0 Å². The van der Waals surface area contributed by atoms with E-state index in [2.05, 4.69) is 17.2 Å². The fourth-order valence-corrected chi connectivity index (χ4v) is 3.01. The summed E-state index contributed by atoms with van der Waals surface area (Å²) in [6, 6.07) is 22.0. The van der Waals surface area contributed by atoms with Gasteiger partial charge in [0.05, 0.1) is 29.1 Å². The lowest BCUT2D eigenvalue weighted by molar-refractivity contribution is 0.0527. The van der Waals surface area contributed by atoms with Gasteiger partial charge in [-0.1, -0.05) is 42.2 Å². The number of benzene rings is 3. The van der Waals surface area contributed by atoms with Crippen LogP contribution >= 0.6 is 0 Å². The second kappa shape index (κ2) is 10.1. The molecule has 0 aliphatic heterocycles.